The Morgan fingerprint density at radius 2 is 2.08 bits per heavy atom. The van der Waals surface area contributed by atoms with Crippen LogP contribution in [0.4, 0.5) is 21.7 Å². The molecule has 2 fully saturated rings. The average molecular weight is 548 g/mol. The lowest BCUT2D eigenvalue weighted by Crippen LogP contribution is -2.46. The smallest absolute Gasteiger partial charge is 0.256 e. The molecule has 40 heavy (non-hydrogen) atoms. The van der Waals surface area contributed by atoms with Gasteiger partial charge in [0.05, 0.1) is 36.2 Å². The highest BCUT2D eigenvalue weighted by Gasteiger charge is 2.42. The first-order chi connectivity index (χ1) is 19.3. The number of alkyl halides is 1. The molecule has 0 spiro atoms. The summed E-state index contributed by atoms with van der Waals surface area (Å²) in [6.07, 6.45) is 5.62. The summed E-state index contributed by atoms with van der Waals surface area (Å²) < 4.78 is 21.5. The average Bonchev–Trinajstić information content (AvgIpc) is 3.71. The Morgan fingerprint density at radius 1 is 1.23 bits per heavy atom. The second-order valence-electron chi connectivity index (χ2n) is 10.7. The number of aryl methyl sites for hydroxylation is 2. The minimum absolute atomic E-state index is 0.173. The number of nitrogens with one attached hydrogen (secondary N) is 3. The van der Waals surface area contributed by atoms with Gasteiger partial charge in [-0.25, -0.2) is 14.4 Å². The lowest BCUT2D eigenvalue weighted by atomic mass is 10.1. The van der Waals surface area contributed by atoms with Crippen LogP contribution in [0.15, 0.2) is 36.8 Å². The maximum Gasteiger partial charge on any atom is 0.256 e. The molecule has 5 heterocycles. The fourth-order valence-corrected chi connectivity index (χ4v) is 5.92. The van der Waals surface area contributed by atoms with Gasteiger partial charge in [-0.05, 0) is 38.6 Å². The number of halogens is 1. The zero-order valence-electron chi connectivity index (χ0n) is 23.1. The minimum Gasteiger partial charge on any atom is -0.478 e. The highest BCUT2D eigenvalue weighted by Crippen LogP contribution is 2.35. The predicted molar refractivity (Wildman–Crippen MR) is 152 cm³/mol. The van der Waals surface area contributed by atoms with E-state index in [1.807, 2.05) is 38.4 Å². The molecule has 3 aromatic heterocycles. The molecule has 0 saturated carbocycles. The van der Waals surface area contributed by atoms with Crippen molar-refractivity contribution in [1.82, 2.24) is 34.5 Å². The zero-order valence-corrected chi connectivity index (χ0v) is 23.1. The number of benzene rings is 1. The number of amides is 1. The molecular formula is C28H34FN9O2. The molecule has 3 atom stereocenters. The van der Waals surface area contributed by atoms with Crippen LogP contribution in [0.1, 0.15) is 18.4 Å². The monoisotopic (exact) mass is 547 g/mol. The van der Waals surface area contributed by atoms with Crippen molar-refractivity contribution in [1.29, 1.82) is 0 Å². The molecule has 1 unspecified atom stereocenters. The van der Waals surface area contributed by atoms with E-state index in [0.29, 0.717) is 29.7 Å². The largest absolute Gasteiger partial charge is 0.478 e. The minimum atomic E-state index is -0.996. The summed E-state index contributed by atoms with van der Waals surface area (Å²) in [5, 5.41) is 11.5. The third-order valence-electron chi connectivity index (χ3n) is 7.86. The first-order valence-corrected chi connectivity index (χ1v) is 13.5. The fourth-order valence-electron chi connectivity index (χ4n) is 5.92. The Bertz CT molecular complexity index is 1550. The molecule has 2 aliphatic rings. The number of fused-ring (bicyclic) bond motifs is 1. The van der Waals surface area contributed by atoms with E-state index in [2.05, 4.69) is 42.5 Å². The maximum absolute atomic E-state index is 14.5. The number of hydrogen-bond acceptors (Lipinski definition) is 8. The first-order valence-electron chi connectivity index (χ1n) is 13.5. The third-order valence-corrected chi connectivity index (χ3v) is 7.86. The number of aromatic nitrogens is 5. The van der Waals surface area contributed by atoms with Gasteiger partial charge >= 0.3 is 0 Å². The molecule has 0 bridgehead atoms. The Kier molecular flexibility index (Phi) is 6.88. The summed E-state index contributed by atoms with van der Waals surface area (Å²) >= 11 is 0. The Hall–Kier alpha value is -4.03. The second kappa shape index (κ2) is 10.5. The standard InChI is InChI=1S/C28H34FN9O2/c1-16-11-31-28(33-22-15-37(3)35-27(22)40-4)34-24(16)20-12-30-25-19(20)6-5-7-21(25)32-26(39)23-10-17(29)13-38(23)18-8-9-36(2)14-18/h5-7,11-12,15,17-18,23,30H,8-10,13-14H2,1-4H3,(H,32,39)(H,31,33,34)/t17-,18?,23+/m0/s1. The van der Waals surface area contributed by atoms with Crippen LogP contribution >= 0.6 is 0 Å². The fraction of sp³-hybridized carbons (Fsp3) is 0.429. The molecule has 0 radical (unpaired) electrons. The number of nitrogens with zero attached hydrogens (tertiary/aromatic N) is 6. The van der Waals surface area contributed by atoms with Gasteiger partial charge in [-0.3, -0.25) is 14.4 Å². The third kappa shape index (κ3) is 4.88. The van der Waals surface area contributed by atoms with Crippen LogP contribution < -0.4 is 15.4 Å². The Balaban J connectivity index is 1.26. The van der Waals surface area contributed by atoms with Crippen molar-refractivity contribution in [2.24, 2.45) is 7.05 Å². The van der Waals surface area contributed by atoms with Gasteiger partial charge in [-0.2, -0.15) is 0 Å². The maximum atomic E-state index is 14.5. The van der Waals surface area contributed by atoms with Crippen LogP contribution in [0.25, 0.3) is 22.2 Å². The van der Waals surface area contributed by atoms with Crippen molar-refractivity contribution in [3.8, 4) is 17.1 Å². The number of ether oxygens (including phenoxy) is 1. The summed E-state index contributed by atoms with van der Waals surface area (Å²) in [6, 6.07) is 5.47. The quantitative estimate of drug-likeness (QED) is 0.322. The highest BCUT2D eigenvalue weighted by atomic mass is 19.1. The normalized spacial score (nSPS) is 21.8. The second-order valence-corrected chi connectivity index (χ2v) is 10.7. The van der Waals surface area contributed by atoms with Gasteiger partial charge in [-0.1, -0.05) is 12.1 Å². The lowest BCUT2D eigenvalue weighted by Gasteiger charge is -2.29. The van der Waals surface area contributed by atoms with Crippen molar-refractivity contribution in [3.05, 3.63) is 42.4 Å². The number of H-pyrrole nitrogens is 1. The molecule has 2 saturated heterocycles. The number of likely N-dealkylation sites (N-methyl/N-ethyl adjacent to an activating group) is 1. The zero-order chi connectivity index (χ0) is 28.0. The number of rotatable bonds is 7. The molecule has 4 aromatic rings. The summed E-state index contributed by atoms with van der Waals surface area (Å²) in [6.45, 7) is 4.08. The summed E-state index contributed by atoms with van der Waals surface area (Å²) in [7, 11) is 5.44. The van der Waals surface area contributed by atoms with Gasteiger partial charge in [0.2, 0.25) is 11.9 Å². The number of carbonyl (C=O) groups excluding carboxylic acids is 1. The van der Waals surface area contributed by atoms with E-state index in [1.54, 1.807) is 24.2 Å². The van der Waals surface area contributed by atoms with Crippen LogP contribution in [-0.4, -0.2) is 92.5 Å². The highest BCUT2D eigenvalue weighted by molar-refractivity contribution is 6.06. The molecule has 3 N–H and O–H groups in total. The van der Waals surface area contributed by atoms with Crippen LogP contribution in [0.5, 0.6) is 5.88 Å². The van der Waals surface area contributed by atoms with Gasteiger partial charge in [0, 0.05) is 55.9 Å². The molecule has 12 heteroatoms. The van der Waals surface area contributed by atoms with E-state index < -0.39 is 12.2 Å². The molecule has 1 aromatic carbocycles. The number of anilines is 3. The molecule has 210 valence electrons. The number of methoxy groups -OCH3 is 1. The van der Waals surface area contributed by atoms with E-state index in [9.17, 15) is 9.18 Å². The van der Waals surface area contributed by atoms with Crippen LogP contribution in [0, 0.1) is 6.92 Å². The van der Waals surface area contributed by atoms with Gasteiger partial charge in [0.15, 0.2) is 0 Å². The van der Waals surface area contributed by atoms with Crippen LogP contribution in [0.3, 0.4) is 0 Å². The molecule has 2 aliphatic heterocycles. The van der Waals surface area contributed by atoms with E-state index in [-0.39, 0.29) is 18.4 Å². The van der Waals surface area contributed by atoms with Crippen LogP contribution in [0.2, 0.25) is 0 Å². The van der Waals surface area contributed by atoms with E-state index in [1.165, 1.54) is 0 Å². The first kappa shape index (κ1) is 26.2. The summed E-state index contributed by atoms with van der Waals surface area (Å²) in [5.74, 6) is 0.680. The summed E-state index contributed by atoms with van der Waals surface area (Å²) in [5.41, 5.74) is 4.63. The van der Waals surface area contributed by atoms with E-state index in [4.69, 9.17) is 9.72 Å². The molecule has 0 aliphatic carbocycles. The van der Waals surface area contributed by atoms with Crippen molar-refractivity contribution in [2.45, 2.75) is 38.0 Å². The number of likely N-dealkylation sites (tertiary alicyclic amines) is 2. The Labute approximate surface area is 231 Å². The molecule has 6 rings (SSSR count). The molecular weight excluding hydrogens is 513 g/mol. The van der Waals surface area contributed by atoms with Gasteiger partial charge in [0.1, 0.15) is 11.9 Å². The van der Waals surface area contributed by atoms with E-state index in [0.717, 1.165) is 47.2 Å². The number of aromatic amines is 1. The van der Waals surface area contributed by atoms with Crippen molar-refractivity contribution in [3.63, 3.8) is 0 Å². The lowest BCUT2D eigenvalue weighted by molar-refractivity contribution is -0.121. The molecule has 11 nitrogen and oxygen atoms in total. The van der Waals surface area contributed by atoms with Gasteiger partial charge in [0.25, 0.3) is 5.88 Å². The number of para-hydroxylation sites is 1. The van der Waals surface area contributed by atoms with Crippen LogP contribution in [-0.2, 0) is 11.8 Å². The Morgan fingerprint density at radius 3 is 2.85 bits per heavy atom. The number of hydrogen-bond donors (Lipinski definition) is 3. The summed E-state index contributed by atoms with van der Waals surface area (Å²) in [4.78, 5) is 30.3. The van der Waals surface area contributed by atoms with E-state index >= 15 is 0 Å². The van der Waals surface area contributed by atoms with Crippen molar-refractivity contribution < 1.29 is 13.9 Å². The van der Waals surface area contributed by atoms with Gasteiger partial charge < -0.3 is 25.3 Å². The van der Waals surface area contributed by atoms with Crippen molar-refractivity contribution >= 4 is 34.1 Å². The predicted octanol–water partition coefficient (Wildman–Crippen LogP) is 3.47. The SMILES string of the molecule is COc1nn(C)cc1Nc1ncc(C)c(-c2c[nH]c3c(NC(=O)[C@H]4C[C@H](F)CN4C4CCN(C)C4)cccc23)n1. The topological polar surface area (TPSA) is 116 Å². The number of carbonyl (C=O) groups is 1. The van der Waals surface area contributed by atoms with Gasteiger partial charge in [-0.15, -0.1) is 5.10 Å². The van der Waals surface area contributed by atoms with Crippen molar-refractivity contribution in [2.75, 3.05) is 44.4 Å². The molecule has 1 amide bonds.